The first-order valence-corrected chi connectivity index (χ1v) is 11.6. The summed E-state index contributed by atoms with van der Waals surface area (Å²) in [5, 5.41) is 3.31. The van der Waals surface area contributed by atoms with E-state index in [-0.39, 0.29) is 17.8 Å². The number of anilines is 2. The van der Waals surface area contributed by atoms with Gasteiger partial charge in [-0.15, -0.1) is 0 Å². The molecule has 0 radical (unpaired) electrons. The number of aryl methyl sites for hydroxylation is 1. The average molecular weight is 448 g/mol. The SMILES string of the molecule is CCC(CC)n1c(=NC(=O)c2ccc(C)cc2)sc2cc(Nc3ccc(F)cc3)ccc21. The van der Waals surface area contributed by atoms with E-state index in [2.05, 4.69) is 40.9 Å². The maximum absolute atomic E-state index is 13.2. The van der Waals surface area contributed by atoms with Crippen LogP contribution in [-0.4, -0.2) is 10.5 Å². The highest BCUT2D eigenvalue weighted by Crippen LogP contribution is 2.28. The molecular formula is C26H26FN3OS. The molecule has 164 valence electrons. The van der Waals surface area contributed by atoms with Gasteiger partial charge in [0.05, 0.1) is 10.2 Å². The number of hydrogen-bond acceptors (Lipinski definition) is 3. The quantitative estimate of drug-likeness (QED) is 0.346. The van der Waals surface area contributed by atoms with Crippen molar-refractivity contribution in [1.29, 1.82) is 0 Å². The summed E-state index contributed by atoms with van der Waals surface area (Å²) in [6.45, 7) is 6.30. The predicted molar refractivity (Wildman–Crippen MR) is 130 cm³/mol. The fraction of sp³-hybridized carbons (Fsp3) is 0.231. The molecule has 3 aromatic carbocycles. The normalized spacial score (nSPS) is 12.0. The summed E-state index contributed by atoms with van der Waals surface area (Å²) < 4.78 is 16.4. The van der Waals surface area contributed by atoms with Crippen molar-refractivity contribution in [1.82, 2.24) is 4.57 Å². The first-order chi connectivity index (χ1) is 15.5. The van der Waals surface area contributed by atoms with Crippen molar-refractivity contribution in [2.24, 2.45) is 4.99 Å². The number of thiazole rings is 1. The van der Waals surface area contributed by atoms with Crippen LogP contribution in [0.2, 0.25) is 0 Å². The minimum absolute atomic E-state index is 0.235. The van der Waals surface area contributed by atoms with Crippen LogP contribution in [-0.2, 0) is 0 Å². The molecule has 1 aromatic heterocycles. The fourth-order valence-electron chi connectivity index (χ4n) is 3.75. The molecule has 0 aliphatic heterocycles. The van der Waals surface area contributed by atoms with Crippen molar-refractivity contribution < 1.29 is 9.18 Å². The molecule has 6 heteroatoms. The molecule has 4 rings (SSSR count). The van der Waals surface area contributed by atoms with E-state index < -0.39 is 0 Å². The van der Waals surface area contributed by atoms with Gasteiger partial charge in [0.25, 0.3) is 5.91 Å². The third-order valence-corrected chi connectivity index (χ3v) is 6.58. The Morgan fingerprint density at radius 3 is 2.31 bits per heavy atom. The van der Waals surface area contributed by atoms with E-state index >= 15 is 0 Å². The second kappa shape index (κ2) is 9.49. The zero-order valence-electron chi connectivity index (χ0n) is 18.4. The number of hydrogen-bond donors (Lipinski definition) is 1. The summed E-state index contributed by atoms with van der Waals surface area (Å²) in [5.74, 6) is -0.499. The second-order valence-corrected chi connectivity index (χ2v) is 8.83. The van der Waals surface area contributed by atoms with Gasteiger partial charge in [0.2, 0.25) is 0 Å². The van der Waals surface area contributed by atoms with Gasteiger partial charge in [0.15, 0.2) is 4.80 Å². The Balaban J connectivity index is 1.78. The molecule has 1 heterocycles. The lowest BCUT2D eigenvalue weighted by Crippen LogP contribution is -2.21. The molecular weight excluding hydrogens is 421 g/mol. The van der Waals surface area contributed by atoms with Crippen LogP contribution < -0.4 is 10.1 Å². The zero-order valence-corrected chi connectivity index (χ0v) is 19.2. The first-order valence-electron chi connectivity index (χ1n) is 10.8. The van der Waals surface area contributed by atoms with Crippen LogP contribution in [0, 0.1) is 12.7 Å². The standard InChI is InChI=1S/C26H26FN3OS/c1-4-22(5-2)30-23-15-14-21(28-20-12-10-19(27)11-13-20)16-24(23)32-26(30)29-25(31)18-8-6-17(3)7-9-18/h6-16,22,28H,4-5H2,1-3H3. The number of halogens is 1. The number of carbonyl (C=O) groups excluding carboxylic acids is 1. The van der Waals surface area contributed by atoms with E-state index in [4.69, 9.17) is 0 Å². The Morgan fingerprint density at radius 1 is 1.00 bits per heavy atom. The van der Waals surface area contributed by atoms with Crippen molar-refractivity contribution >= 4 is 38.8 Å². The Morgan fingerprint density at radius 2 is 1.66 bits per heavy atom. The number of fused-ring (bicyclic) bond motifs is 1. The van der Waals surface area contributed by atoms with Crippen LogP contribution in [0.5, 0.6) is 0 Å². The molecule has 32 heavy (non-hydrogen) atoms. The molecule has 1 N–H and O–H groups in total. The maximum atomic E-state index is 13.2. The number of carbonyl (C=O) groups is 1. The summed E-state index contributed by atoms with van der Waals surface area (Å²) in [7, 11) is 0. The fourth-order valence-corrected chi connectivity index (χ4v) is 4.88. The number of aromatic nitrogens is 1. The van der Waals surface area contributed by atoms with Gasteiger partial charge in [-0.05, 0) is 74.4 Å². The minimum atomic E-state index is -0.264. The molecule has 0 bridgehead atoms. The summed E-state index contributed by atoms with van der Waals surface area (Å²) in [6.07, 6.45) is 1.90. The lowest BCUT2D eigenvalue weighted by molar-refractivity contribution is 0.0997. The zero-order chi connectivity index (χ0) is 22.7. The number of nitrogens with one attached hydrogen (secondary N) is 1. The van der Waals surface area contributed by atoms with Crippen LogP contribution in [0.4, 0.5) is 15.8 Å². The number of rotatable bonds is 6. The summed E-state index contributed by atoms with van der Waals surface area (Å²) in [6, 6.07) is 20.1. The summed E-state index contributed by atoms with van der Waals surface area (Å²) in [5.41, 5.74) is 4.47. The smallest absolute Gasteiger partial charge is 0.279 e. The van der Waals surface area contributed by atoms with E-state index in [0.29, 0.717) is 10.4 Å². The van der Waals surface area contributed by atoms with E-state index in [9.17, 15) is 9.18 Å². The molecule has 0 saturated carbocycles. The molecule has 0 fully saturated rings. The minimum Gasteiger partial charge on any atom is -0.355 e. The molecule has 1 amide bonds. The Hall–Kier alpha value is -3.25. The maximum Gasteiger partial charge on any atom is 0.279 e. The highest BCUT2D eigenvalue weighted by molar-refractivity contribution is 7.16. The van der Waals surface area contributed by atoms with Crippen molar-refractivity contribution in [3.05, 3.63) is 88.5 Å². The Kier molecular flexibility index (Phi) is 6.51. The first kappa shape index (κ1) is 22.0. The third kappa shape index (κ3) is 4.65. The van der Waals surface area contributed by atoms with Gasteiger partial charge in [-0.3, -0.25) is 4.79 Å². The van der Waals surface area contributed by atoms with Gasteiger partial charge in [-0.2, -0.15) is 4.99 Å². The lowest BCUT2D eigenvalue weighted by Gasteiger charge is -2.16. The van der Waals surface area contributed by atoms with Crippen LogP contribution >= 0.6 is 11.3 Å². The number of nitrogens with zero attached hydrogens (tertiary/aromatic N) is 2. The highest BCUT2D eigenvalue weighted by atomic mass is 32.1. The number of amides is 1. The van der Waals surface area contributed by atoms with E-state index in [1.54, 1.807) is 12.1 Å². The van der Waals surface area contributed by atoms with Crippen molar-refractivity contribution in [2.45, 2.75) is 39.7 Å². The van der Waals surface area contributed by atoms with E-state index in [1.165, 1.54) is 23.5 Å². The average Bonchev–Trinajstić information content (AvgIpc) is 3.14. The molecule has 0 unspecified atom stereocenters. The second-order valence-electron chi connectivity index (χ2n) is 7.82. The lowest BCUT2D eigenvalue weighted by atomic mass is 10.1. The summed E-state index contributed by atoms with van der Waals surface area (Å²) in [4.78, 5) is 18.1. The molecule has 0 aliphatic rings. The molecule has 0 saturated heterocycles. The van der Waals surface area contributed by atoms with Crippen LogP contribution in [0.1, 0.15) is 48.7 Å². The molecule has 0 spiro atoms. The van der Waals surface area contributed by atoms with Crippen molar-refractivity contribution in [3.8, 4) is 0 Å². The third-order valence-electron chi connectivity index (χ3n) is 5.56. The van der Waals surface area contributed by atoms with Gasteiger partial charge < -0.3 is 9.88 Å². The Labute approximate surface area is 191 Å². The highest BCUT2D eigenvalue weighted by Gasteiger charge is 2.15. The topological polar surface area (TPSA) is 46.4 Å². The predicted octanol–water partition coefficient (Wildman–Crippen LogP) is 7.00. The van der Waals surface area contributed by atoms with Gasteiger partial charge in [0.1, 0.15) is 5.82 Å². The number of benzene rings is 3. The monoisotopic (exact) mass is 447 g/mol. The van der Waals surface area contributed by atoms with Crippen LogP contribution in [0.3, 0.4) is 0 Å². The summed E-state index contributed by atoms with van der Waals surface area (Å²) >= 11 is 1.51. The van der Waals surface area contributed by atoms with E-state index in [1.807, 2.05) is 37.3 Å². The van der Waals surface area contributed by atoms with Gasteiger partial charge in [-0.25, -0.2) is 4.39 Å². The van der Waals surface area contributed by atoms with Crippen LogP contribution in [0.25, 0.3) is 10.2 Å². The Bertz CT molecular complexity index is 1300. The van der Waals surface area contributed by atoms with Crippen LogP contribution in [0.15, 0.2) is 71.7 Å². The molecule has 4 aromatic rings. The van der Waals surface area contributed by atoms with Crippen molar-refractivity contribution in [2.75, 3.05) is 5.32 Å². The van der Waals surface area contributed by atoms with Gasteiger partial charge >= 0.3 is 0 Å². The van der Waals surface area contributed by atoms with Crippen molar-refractivity contribution in [3.63, 3.8) is 0 Å². The molecule has 0 aliphatic carbocycles. The van der Waals surface area contributed by atoms with Gasteiger partial charge in [0, 0.05) is 23.0 Å². The largest absolute Gasteiger partial charge is 0.355 e. The molecule has 0 atom stereocenters. The molecule has 4 nitrogen and oxygen atoms in total. The van der Waals surface area contributed by atoms with E-state index in [0.717, 1.165) is 40.0 Å². The van der Waals surface area contributed by atoms with Gasteiger partial charge in [-0.1, -0.05) is 42.9 Å².